The van der Waals surface area contributed by atoms with Crippen molar-refractivity contribution in [3.63, 3.8) is 0 Å². The van der Waals surface area contributed by atoms with Crippen molar-refractivity contribution in [1.29, 1.82) is 0 Å². The van der Waals surface area contributed by atoms with Gasteiger partial charge in [-0.25, -0.2) is 0 Å². The minimum Gasteiger partial charge on any atom is -0.484 e. The molecule has 1 aromatic heterocycles. The summed E-state index contributed by atoms with van der Waals surface area (Å²) in [6, 6.07) is 12.2. The van der Waals surface area contributed by atoms with Crippen molar-refractivity contribution in [1.82, 2.24) is 15.6 Å². The van der Waals surface area contributed by atoms with Gasteiger partial charge in [-0.05, 0) is 24.3 Å². The topological polar surface area (TPSA) is 76.1 Å². The van der Waals surface area contributed by atoms with Crippen LogP contribution in [-0.4, -0.2) is 22.7 Å². The number of anilines is 1. The predicted octanol–water partition coefficient (Wildman–Crippen LogP) is 1.65. The van der Waals surface area contributed by atoms with Gasteiger partial charge in [-0.15, -0.1) is 10.2 Å². The fourth-order valence-electron chi connectivity index (χ4n) is 1.22. The highest BCUT2D eigenvalue weighted by atomic mass is 35.5. The largest absolute Gasteiger partial charge is 0.484 e. The van der Waals surface area contributed by atoms with Crippen molar-refractivity contribution in [3.05, 3.63) is 47.6 Å². The van der Waals surface area contributed by atoms with Crippen LogP contribution in [0.1, 0.15) is 0 Å². The number of carbonyl (C=O) groups is 1. The highest BCUT2D eigenvalue weighted by Gasteiger charge is 2.02. The molecule has 1 aromatic carbocycles. The number of amides is 1. The van der Waals surface area contributed by atoms with Gasteiger partial charge in [-0.1, -0.05) is 29.8 Å². The van der Waals surface area contributed by atoms with E-state index >= 15 is 0 Å². The molecule has 19 heavy (non-hydrogen) atoms. The average molecular weight is 279 g/mol. The van der Waals surface area contributed by atoms with E-state index in [-0.39, 0.29) is 17.7 Å². The van der Waals surface area contributed by atoms with Crippen molar-refractivity contribution >= 4 is 23.3 Å². The number of aromatic nitrogens is 2. The van der Waals surface area contributed by atoms with Crippen molar-refractivity contribution < 1.29 is 9.53 Å². The molecule has 0 saturated carbocycles. The summed E-state index contributed by atoms with van der Waals surface area (Å²) in [6.07, 6.45) is 0. The zero-order chi connectivity index (χ0) is 13.5. The number of nitrogens with one attached hydrogen (secondary N) is 2. The molecule has 0 unspecified atom stereocenters. The molecule has 6 nitrogen and oxygen atoms in total. The Morgan fingerprint density at radius 1 is 1.16 bits per heavy atom. The van der Waals surface area contributed by atoms with Crippen molar-refractivity contribution in [3.8, 4) is 5.75 Å². The molecule has 0 bridgehead atoms. The molecule has 2 aromatic rings. The lowest BCUT2D eigenvalue weighted by atomic mass is 10.3. The highest BCUT2D eigenvalue weighted by molar-refractivity contribution is 6.29. The average Bonchev–Trinajstić information content (AvgIpc) is 2.45. The second-order valence-corrected chi connectivity index (χ2v) is 3.90. The van der Waals surface area contributed by atoms with E-state index in [9.17, 15) is 4.79 Å². The molecular weight excluding hydrogens is 268 g/mol. The van der Waals surface area contributed by atoms with E-state index in [1.54, 1.807) is 24.3 Å². The first-order valence-electron chi connectivity index (χ1n) is 5.46. The Hall–Kier alpha value is -2.34. The number of hydrogen-bond donors (Lipinski definition) is 2. The van der Waals surface area contributed by atoms with Gasteiger partial charge in [0.25, 0.3) is 5.91 Å². The Bertz CT molecular complexity index is 533. The number of ether oxygens (including phenoxy) is 1. The van der Waals surface area contributed by atoms with Crippen LogP contribution in [0.4, 0.5) is 5.82 Å². The first-order valence-corrected chi connectivity index (χ1v) is 5.84. The van der Waals surface area contributed by atoms with Gasteiger partial charge < -0.3 is 4.74 Å². The lowest BCUT2D eigenvalue weighted by molar-refractivity contribution is -0.122. The van der Waals surface area contributed by atoms with Gasteiger partial charge in [0.1, 0.15) is 5.75 Å². The van der Waals surface area contributed by atoms with Crippen LogP contribution in [0.3, 0.4) is 0 Å². The molecule has 0 radical (unpaired) electrons. The Morgan fingerprint density at radius 3 is 2.63 bits per heavy atom. The second-order valence-electron chi connectivity index (χ2n) is 3.52. The SMILES string of the molecule is O=C(COc1ccccc1)NNc1ccc(Cl)nn1. The fourth-order valence-corrected chi connectivity index (χ4v) is 1.32. The van der Waals surface area contributed by atoms with Crippen LogP contribution in [0.5, 0.6) is 5.75 Å². The highest BCUT2D eigenvalue weighted by Crippen LogP contribution is 2.07. The van der Waals surface area contributed by atoms with Crippen LogP contribution in [0.25, 0.3) is 0 Å². The van der Waals surface area contributed by atoms with Gasteiger partial charge in [0.05, 0.1) is 0 Å². The molecule has 0 aliphatic carbocycles. The quantitative estimate of drug-likeness (QED) is 0.814. The van der Waals surface area contributed by atoms with E-state index in [1.807, 2.05) is 18.2 Å². The monoisotopic (exact) mass is 278 g/mol. The van der Waals surface area contributed by atoms with E-state index in [2.05, 4.69) is 21.0 Å². The Kier molecular flexibility index (Phi) is 4.52. The van der Waals surface area contributed by atoms with Crippen molar-refractivity contribution in [2.24, 2.45) is 0 Å². The molecule has 2 rings (SSSR count). The maximum atomic E-state index is 11.5. The molecule has 2 N–H and O–H groups in total. The summed E-state index contributed by atoms with van der Waals surface area (Å²) in [6.45, 7) is -0.0992. The van der Waals surface area contributed by atoms with Gasteiger partial charge in [0.15, 0.2) is 17.6 Å². The zero-order valence-corrected chi connectivity index (χ0v) is 10.6. The zero-order valence-electron chi connectivity index (χ0n) is 9.84. The number of rotatable bonds is 5. The number of benzene rings is 1. The van der Waals surface area contributed by atoms with Gasteiger partial charge in [0.2, 0.25) is 0 Å². The van der Waals surface area contributed by atoms with Crippen molar-refractivity contribution in [2.45, 2.75) is 0 Å². The summed E-state index contributed by atoms with van der Waals surface area (Å²) in [5.74, 6) is 0.682. The standard InChI is InChI=1S/C12H11ClN4O2/c13-10-6-7-11(15-14-10)16-17-12(18)8-19-9-4-2-1-3-5-9/h1-7H,8H2,(H,15,16)(H,17,18). The van der Waals surface area contributed by atoms with Gasteiger partial charge in [-0.3, -0.25) is 15.6 Å². The number of carbonyl (C=O) groups excluding carboxylic acids is 1. The molecule has 98 valence electrons. The number of halogens is 1. The fraction of sp³-hybridized carbons (Fsp3) is 0.0833. The third kappa shape index (κ3) is 4.44. The number of para-hydroxylation sites is 1. The van der Waals surface area contributed by atoms with Crippen LogP contribution >= 0.6 is 11.6 Å². The molecule has 0 fully saturated rings. The molecule has 0 spiro atoms. The van der Waals surface area contributed by atoms with Crippen LogP contribution in [0.15, 0.2) is 42.5 Å². The van der Waals surface area contributed by atoms with E-state index in [4.69, 9.17) is 16.3 Å². The smallest absolute Gasteiger partial charge is 0.276 e. The Morgan fingerprint density at radius 2 is 1.95 bits per heavy atom. The maximum absolute atomic E-state index is 11.5. The summed E-state index contributed by atoms with van der Waals surface area (Å²) in [5.41, 5.74) is 5.03. The lowest BCUT2D eigenvalue weighted by Gasteiger charge is -2.08. The summed E-state index contributed by atoms with van der Waals surface area (Å²) >= 11 is 5.58. The molecule has 1 heterocycles. The summed E-state index contributed by atoms with van der Waals surface area (Å²) in [4.78, 5) is 11.5. The third-order valence-electron chi connectivity index (χ3n) is 2.08. The molecule has 7 heteroatoms. The summed E-state index contributed by atoms with van der Waals surface area (Å²) < 4.78 is 5.27. The predicted molar refractivity (Wildman–Crippen MR) is 70.7 cm³/mol. The minimum atomic E-state index is -0.333. The number of hydrogen-bond acceptors (Lipinski definition) is 5. The number of hydrazine groups is 1. The van der Waals surface area contributed by atoms with E-state index in [0.717, 1.165) is 0 Å². The molecular formula is C12H11ClN4O2. The normalized spacial score (nSPS) is 9.74. The third-order valence-corrected chi connectivity index (χ3v) is 2.28. The van der Waals surface area contributed by atoms with Crippen LogP contribution in [0.2, 0.25) is 5.15 Å². The first kappa shape index (κ1) is 13.1. The minimum absolute atomic E-state index is 0.0992. The first-order chi connectivity index (χ1) is 9.24. The van der Waals surface area contributed by atoms with Crippen molar-refractivity contribution in [2.75, 3.05) is 12.0 Å². The molecule has 0 atom stereocenters. The van der Waals surface area contributed by atoms with Crippen LogP contribution in [-0.2, 0) is 4.79 Å². The van der Waals surface area contributed by atoms with E-state index in [0.29, 0.717) is 11.6 Å². The molecule has 1 amide bonds. The molecule has 0 aliphatic rings. The van der Waals surface area contributed by atoms with E-state index in [1.165, 1.54) is 0 Å². The summed E-state index contributed by atoms with van der Waals surface area (Å²) in [7, 11) is 0. The Balaban J connectivity index is 1.74. The second kappa shape index (κ2) is 6.55. The van der Waals surface area contributed by atoms with Gasteiger partial charge in [-0.2, -0.15) is 0 Å². The van der Waals surface area contributed by atoms with Gasteiger partial charge in [0, 0.05) is 0 Å². The van der Waals surface area contributed by atoms with Crippen LogP contribution < -0.4 is 15.6 Å². The lowest BCUT2D eigenvalue weighted by Crippen LogP contribution is -2.34. The van der Waals surface area contributed by atoms with Crippen LogP contribution in [0, 0.1) is 0 Å². The number of nitrogens with zero attached hydrogens (tertiary/aromatic N) is 2. The molecule has 0 aliphatic heterocycles. The van der Waals surface area contributed by atoms with E-state index < -0.39 is 0 Å². The summed E-state index contributed by atoms with van der Waals surface area (Å²) in [5, 5.41) is 7.62. The Labute approximate surface area is 114 Å². The van der Waals surface area contributed by atoms with Gasteiger partial charge >= 0.3 is 0 Å². The maximum Gasteiger partial charge on any atom is 0.276 e. The molecule has 0 saturated heterocycles.